The summed E-state index contributed by atoms with van der Waals surface area (Å²) in [5.74, 6) is 4.74. The monoisotopic (exact) mass is 402 g/mol. The van der Waals surface area contributed by atoms with Gasteiger partial charge in [0.1, 0.15) is 0 Å². The molecule has 2 aromatic carbocycles. The van der Waals surface area contributed by atoms with Gasteiger partial charge in [0, 0.05) is 0 Å². The Kier molecular flexibility index (Phi) is 5.40. The van der Waals surface area contributed by atoms with Crippen LogP contribution in [0, 0.1) is 0 Å². The maximum absolute atomic E-state index is 6.08. The van der Waals surface area contributed by atoms with Crippen LogP contribution in [0.4, 0.5) is 5.69 Å². The molecule has 0 aliphatic carbocycles. The molecule has 0 spiro atoms. The normalized spacial score (nSPS) is 10.9. The van der Waals surface area contributed by atoms with E-state index in [-0.39, 0.29) is 0 Å². The molecule has 2 N–H and O–H groups in total. The van der Waals surface area contributed by atoms with E-state index < -0.39 is 13.9 Å². The van der Waals surface area contributed by atoms with Crippen molar-refractivity contribution in [3.05, 3.63) is 52.5 Å². The van der Waals surface area contributed by atoms with Gasteiger partial charge in [0.2, 0.25) is 0 Å². The molecule has 0 saturated heterocycles. The molecular formula is C15H17BrNSSe+. The molecule has 0 heterocycles. The van der Waals surface area contributed by atoms with Crippen molar-refractivity contribution < 1.29 is 0 Å². The Bertz CT molecular complexity index is 572. The van der Waals surface area contributed by atoms with Gasteiger partial charge in [-0.1, -0.05) is 0 Å². The summed E-state index contributed by atoms with van der Waals surface area (Å²) >= 11 is 4.73. The fraction of sp³-hybridized carbons (Fsp3) is 0.200. The molecule has 4 heteroatoms. The third-order valence-electron chi connectivity index (χ3n) is 2.61. The van der Waals surface area contributed by atoms with E-state index in [1.807, 2.05) is 12.1 Å². The number of halogens is 1. The van der Waals surface area contributed by atoms with Gasteiger partial charge in [-0.25, -0.2) is 0 Å². The molecule has 2 aromatic rings. The van der Waals surface area contributed by atoms with Gasteiger partial charge in [0.25, 0.3) is 0 Å². The summed E-state index contributed by atoms with van der Waals surface area (Å²) in [5.41, 5.74) is 8.35. The van der Waals surface area contributed by atoms with Gasteiger partial charge in [-0.2, -0.15) is 0 Å². The summed E-state index contributed by atoms with van der Waals surface area (Å²) in [7, 11) is 0. The second kappa shape index (κ2) is 6.85. The van der Waals surface area contributed by atoms with E-state index in [9.17, 15) is 0 Å². The summed E-state index contributed by atoms with van der Waals surface area (Å²) in [5, 5.41) is 1.22. The third kappa shape index (κ3) is 4.28. The molecular weight excluding hydrogens is 385 g/mol. The minimum absolute atomic E-state index is 0.479. The Morgan fingerprint density at radius 1 is 1.11 bits per heavy atom. The number of benzene rings is 2. The van der Waals surface area contributed by atoms with Crippen molar-refractivity contribution in [1.82, 2.24) is 0 Å². The standard InChI is InChI=1S/C15H17BrNSSe/c1-19(2)10-11-5-3-4-6-14(11)18-15-8-7-12(16)9-13(15)17/h3-9H,10,17H2,1-2H3/q+1. The summed E-state index contributed by atoms with van der Waals surface area (Å²) < 4.78 is 1.02. The van der Waals surface area contributed by atoms with Crippen molar-refractivity contribution in [3.63, 3.8) is 0 Å². The summed E-state index contributed by atoms with van der Waals surface area (Å²) in [6, 6.07) is 14.7. The molecule has 0 bridgehead atoms. The van der Waals surface area contributed by atoms with Gasteiger partial charge < -0.3 is 0 Å². The van der Waals surface area contributed by atoms with Crippen LogP contribution in [-0.2, 0) is 5.32 Å². The Labute approximate surface area is 132 Å². The number of anilines is 1. The van der Waals surface area contributed by atoms with Gasteiger partial charge >= 0.3 is 132 Å². The second-order valence-electron chi connectivity index (χ2n) is 4.52. The fourth-order valence-electron chi connectivity index (χ4n) is 1.76. The van der Waals surface area contributed by atoms with Gasteiger partial charge in [0.05, 0.1) is 0 Å². The number of hydrogen-bond acceptors (Lipinski definition) is 2. The first-order chi connectivity index (χ1) is 9.06. The van der Waals surface area contributed by atoms with Crippen LogP contribution in [0.25, 0.3) is 0 Å². The zero-order valence-corrected chi connectivity index (χ0v) is 15.1. The topological polar surface area (TPSA) is 26.0 Å². The van der Waals surface area contributed by atoms with Crippen molar-refractivity contribution in [2.45, 2.75) is 26.8 Å². The Balaban J connectivity index is 2.27. The minimum atomic E-state index is -0.479. The average molecular weight is 402 g/mol. The zero-order chi connectivity index (χ0) is 13.8. The van der Waals surface area contributed by atoms with Crippen molar-refractivity contribution in [1.29, 1.82) is 0 Å². The molecule has 100 valence electrons. The number of hydrogen-bond donors (Lipinski definition) is 1. The summed E-state index contributed by atoms with van der Waals surface area (Å²) in [4.78, 5) is 2.45. The molecule has 0 aliphatic rings. The SMILES string of the molecule is C[Se+](C)Cc1ccccc1Sc1ccc(Br)cc1N. The van der Waals surface area contributed by atoms with Gasteiger partial charge in [-0.3, -0.25) is 0 Å². The van der Waals surface area contributed by atoms with Crippen molar-refractivity contribution in [2.24, 2.45) is 0 Å². The van der Waals surface area contributed by atoms with Crippen LogP contribution in [-0.4, -0.2) is 13.9 Å². The first kappa shape index (κ1) is 15.0. The predicted octanol–water partition coefficient (Wildman–Crippen LogP) is 5.02. The van der Waals surface area contributed by atoms with Gasteiger partial charge in [0.15, 0.2) is 0 Å². The first-order valence-corrected chi connectivity index (χ1v) is 12.2. The van der Waals surface area contributed by atoms with E-state index in [4.69, 9.17) is 5.73 Å². The molecule has 0 unspecified atom stereocenters. The first-order valence-electron chi connectivity index (χ1n) is 5.91. The second-order valence-corrected chi connectivity index (χ2v) is 11.3. The molecule has 0 radical (unpaired) electrons. The van der Waals surface area contributed by atoms with Crippen LogP contribution in [0.3, 0.4) is 0 Å². The van der Waals surface area contributed by atoms with E-state index in [1.54, 1.807) is 11.8 Å². The number of nitrogens with two attached hydrogens (primary N) is 1. The Morgan fingerprint density at radius 3 is 2.53 bits per heavy atom. The van der Waals surface area contributed by atoms with E-state index >= 15 is 0 Å². The molecule has 0 aliphatic heterocycles. The van der Waals surface area contributed by atoms with Gasteiger partial charge in [-0.15, -0.1) is 0 Å². The van der Waals surface area contributed by atoms with Crippen LogP contribution < -0.4 is 5.73 Å². The number of nitrogen functional groups attached to an aromatic ring is 1. The van der Waals surface area contributed by atoms with Crippen molar-refractivity contribution >= 4 is 47.3 Å². The molecule has 2 rings (SSSR count). The van der Waals surface area contributed by atoms with Crippen LogP contribution in [0.5, 0.6) is 0 Å². The van der Waals surface area contributed by atoms with E-state index in [0.717, 1.165) is 15.1 Å². The van der Waals surface area contributed by atoms with E-state index in [0.29, 0.717) is 0 Å². The number of rotatable bonds is 4. The Morgan fingerprint density at radius 2 is 1.84 bits per heavy atom. The van der Waals surface area contributed by atoms with Crippen LogP contribution >= 0.6 is 27.7 Å². The Hall–Kier alpha value is -0.411. The quantitative estimate of drug-likeness (QED) is 0.574. The van der Waals surface area contributed by atoms with Crippen LogP contribution in [0.15, 0.2) is 56.7 Å². The molecule has 1 nitrogen and oxygen atoms in total. The molecule has 0 fully saturated rings. The summed E-state index contributed by atoms with van der Waals surface area (Å²) in [6.07, 6.45) is 0. The van der Waals surface area contributed by atoms with E-state index in [2.05, 4.69) is 57.9 Å². The summed E-state index contributed by atoms with van der Waals surface area (Å²) in [6.45, 7) is 0. The maximum atomic E-state index is 6.08. The van der Waals surface area contributed by atoms with E-state index in [1.165, 1.54) is 15.8 Å². The molecule has 0 atom stereocenters. The van der Waals surface area contributed by atoms with Crippen molar-refractivity contribution in [3.8, 4) is 0 Å². The molecule has 0 saturated carbocycles. The van der Waals surface area contributed by atoms with Gasteiger partial charge in [-0.05, 0) is 0 Å². The van der Waals surface area contributed by atoms with Crippen LogP contribution in [0.2, 0.25) is 11.6 Å². The molecule has 19 heavy (non-hydrogen) atoms. The predicted molar refractivity (Wildman–Crippen MR) is 90.3 cm³/mol. The fourth-order valence-corrected chi connectivity index (χ4v) is 5.15. The molecule has 0 aromatic heterocycles. The zero-order valence-electron chi connectivity index (χ0n) is 11.0. The average Bonchev–Trinajstić information content (AvgIpc) is 2.34. The van der Waals surface area contributed by atoms with Crippen molar-refractivity contribution in [2.75, 3.05) is 5.73 Å². The third-order valence-corrected chi connectivity index (χ3v) is 6.18. The van der Waals surface area contributed by atoms with Crippen LogP contribution in [0.1, 0.15) is 5.56 Å². The molecule has 0 amide bonds.